The Morgan fingerprint density at radius 3 is 2.00 bits per heavy atom. The van der Waals surface area contributed by atoms with Gasteiger partial charge in [0.15, 0.2) is 7.14 Å². The summed E-state index contributed by atoms with van der Waals surface area (Å²) in [6.07, 6.45) is 10.7. The Hall–Kier alpha value is -2.21. The molecule has 0 unspecified atom stereocenters. The van der Waals surface area contributed by atoms with E-state index in [0.717, 1.165) is 32.1 Å². The molecule has 4 rings (SSSR count). The van der Waals surface area contributed by atoms with Gasteiger partial charge in [-0.3, -0.25) is 5.32 Å². The second-order valence-electron chi connectivity index (χ2n) is 8.49. The fourth-order valence-corrected chi connectivity index (χ4v) is 8.30. The zero-order chi connectivity index (χ0) is 23.5. The fourth-order valence-electron chi connectivity index (χ4n) is 4.65. The van der Waals surface area contributed by atoms with Crippen LogP contribution < -0.4 is 15.9 Å². The van der Waals surface area contributed by atoms with E-state index < -0.39 is 18.5 Å². The molecule has 0 spiro atoms. The first-order chi connectivity index (χ1) is 15.9. The van der Waals surface area contributed by atoms with E-state index in [0.29, 0.717) is 21.2 Å². The van der Waals surface area contributed by atoms with E-state index in [1.807, 2.05) is 60.7 Å². The van der Waals surface area contributed by atoms with Crippen molar-refractivity contribution in [2.45, 2.75) is 43.4 Å². The second kappa shape index (κ2) is 9.96. The molecule has 1 aliphatic rings. The van der Waals surface area contributed by atoms with Gasteiger partial charge in [-0.05, 0) is 25.0 Å². The maximum atomic E-state index is 15.3. The van der Waals surface area contributed by atoms with Crippen molar-refractivity contribution in [1.29, 1.82) is 0 Å². The van der Waals surface area contributed by atoms with E-state index in [-0.39, 0.29) is 10.8 Å². The lowest BCUT2D eigenvalue weighted by Crippen LogP contribution is -2.48. The highest BCUT2D eigenvalue weighted by Crippen LogP contribution is 2.59. The maximum absolute atomic E-state index is 15.3. The smallest absolute Gasteiger partial charge is 0.163 e. The third-order valence-corrected chi connectivity index (χ3v) is 10.2. The lowest BCUT2D eigenvalue weighted by atomic mass is 9.82. The van der Waals surface area contributed by atoms with Crippen LogP contribution in [-0.2, 0) is 4.57 Å². The third-order valence-electron chi connectivity index (χ3n) is 6.39. The van der Waals surface area contributed by atoms with Gasteiger partial charge in [0.25, 0.3) is 0 Å². The van der Waals surface area contributed by atoms with Crippen LogP contribution in [0.4, 0.5) is 0 Å². The summed E-state index contributed by atoms with van der Waals surface area (Å²) in [4.78, 5) is 0. The lowest BCUT2D eigenvalue weighted by molar-refractivity contribution is 0.291. The van der Waals surface area contributed by atoms with Crippen molar-refractivity contribution in [3.8, 4) is 18.1 Å². The molecule has 3 nitrogen and oxygen atoms in total. The zero-order valence-electron chi connectivity index (χ0n) is 18.2. The van der Waals surface area contributed by atoms with Gasteiger partial charge in [0.1, 0.15) is 5.75 Å². The van der Waals surface area contributed by atoms with Crippen molar-refractivity contribution in [3.63, 3.8) is 0 Å². The predicted molar refractivity (Wildman–Crippen MR) is 138 cm³/mol. The molecule has 0 radical (unpaired) electrons. The second-order valence-corrected chi connectivity index (χ2v) is 12.2. The Labute approximate surface area is 205 Å². The van der Waals surface area contributed by atoms with Crippen LogP contribution in [-0.4, -0.2) is 10.6 Å². The highest BCUT2D eigenvalue weighted by atomic mass is 35.5. The number of hydrogen-bond donors (Lipinski definition) is 2. The first kappa shape index (κ1) is 23.9. The monoisotopic (exact) mass is 497 g/mol. The molecule has 3 aromatic rings. The number of phenolic OH excluding ortho intramolecular Hbond substituents is 1. The number of benzene rings is 3. The lowest BCUT2D eigenvalue weighted by Gasteiger charge is -2.40. The standard InChI is InChI=1S/C27H26Cl2NO2P/c1-2-27(16-10-5-11-17-27)30-26(23-18-20(28)19-24(29)25(23)31)33(32,21-12-6-3-7-13-21)22-14-8-4-9-15-22/h1,3-4,6-9,12-15,18-19,26,30-31H,5,10-11,16-17H2/t26-/m1/s1. The van der Waals surface area contributed by atoms with Crippen molar-refractivity contribution in [1.82, 2.24) is 5.32 Å². The molecule has 0 aliphatic heterocycles. The molecule has 0 saturated heterocycles. The van der Waals surface area contributed by atoms with Crippen molar-refractivity contribution >= 4 is 41.0 Å². The Balaban J connectivity index is 2.00. The van der Waals surface area contributed by atoms with Crippen molar-refractivity contribution < 1.29 is 9.67 Å². The summed E-state index contributed by atoms with van der Waals surface area (Å²) in [6, 6.07) is 21.8. The summed E-state index contributed by atoms with van der Waals surface area (Å²) < 4.78 is 15.3. The molecule has 33 heavy (non-hydrogen) atoms. The molecule has 0 bridgehead atoms. The molecule has 0 amide bonds. The van der Waals surface area contributed by atoms with Crippen LogP contribution in [0.5, 0.6) is 5.75 Å². The van der Waals surface area contributed by atoms with Crippen LogP contribution in [0.15, 0.2) is 72.8 Å². The number of terminal acetylenes is 1. The Morgan fingerprint density at radius 2 is 1.48 bits per heavy atom. The summed E-state index contributed by atoms with van der Waals surface area (Å²) in [7, 11) is -3.43. The molecule has 3 aromatic carbocycles. The van der Waals surface area contributed by atoms with Crippen molar-refractivity contribution in [2.24, 2.45) is 0 Å². The summed E-state index contributed by atoms with van der Waals surface area (Å²) in [5.74, 6) is 1.99. The van der Waals surface area contributed by atoms with Gasteiger partial charge in [0.05, 0.1) is 16.3 Å². The molecule has 1 saturated carbocycles. The number of rotatable bonds is 6. The highest BCUT2D eigenvalue weighted by Gasteiger charge is 2.44. The normalized spacial score (nSPS) is 16.6. The topological polar surface area (TPSA) is 49.3 Å². The molecule has 0 heterocycles. The molecule has 170 valence electrons. The molecule has 1 fully saturated rings. The first-order valence-electron chi connectivity index (χ1n) is 11.0. The van der Waals surface area contributed by atoms with E-state index in [2.05, 4.69) is 11.2 Å². The number of phenols is 1. The van der Waals surface area contributed by atoms with Crippen LogP contribution in [0.25, 0.3) is 0 Å². The quantitative estimate of drug-likeness (QED) is 0.296. The van der Waals surface area contributed by atoms with E-state index in [9.17, 15) is 5.11 Å². The van der Waals surface area contributed by atoms with Gasteiger partial charge in [-0.15, -0.1) is 6.42 Å². The predicted octanol–water partition coefficient (Wildman–Crippen LogP) is 6.64. The van der Waals surface area contributed by atoms with Crippen LogP contribution in [0.3, 0.4) is 0 Å². The Kier molecular flexibility index (Phi) is 7.22. The van der Waals surface area contributed by atoms with E-state index in [1.54, 1.807) is 6.07 Å². The molecular formula is C27H26Cl2NO2P. The maximum Gasteiger partial charge on any atom is 0.163 e. The number of aromatic hydroxyl groups is 1. The van der Waals surface area contributed by atoms with Gasteiger partial charge in [-0.1, -0.05) is 109 Å². The fraction of sp³-hybridized carbons (Fsp3) is 0.259. The summed E-state index contributed by atoms with van der Waals surface area (Å²) in [5.41, 5.74) is -0.271. The third kappa shape index (κ3) is 4.72. The minimum absolute atomic E-state index is 0.107. The van der Waals surface area contributed by atoms with E-state index in [4.69, 9.17) is 29.6 Å². The van der Waals surface area contributed by atoms with Gasteiger partial charge < -0.3 is 9.67 Å². The molecule has 6 heteroatoms. The van der Waals surface area contributed by atoms with Crippen LogP contribution in [0, 0.1) is 12.3 Å². The Morgan fingerprint density at radius 1 is 0.939 bits per heavy atom. The van der Waals surface area contributed by atoms with Crippen LogP contribution in [0.2, 0.25) is 10.0 Å². The molecule has 1 atom stereocenters. The number of nitrogens with one attached hydrogen (secondary N) is 1. The minimum Gasteiger partial charge on any atom is -0.506 e. The molecule has 2 N–H and O–H groups in total. The van der Waals surface area contributed by atoms with Crippen LogP contribution in [0.1, 0.15) is 43.5 Å². The van der Waals surface area contributed by atoms with Gasteiger partial charge in [-0.2, -0.15) is 0 Å². The van der Waals surface area contributed by atoms with Gasteiger partial charge in [-0.25, -0.2) is 0 Å². The van der Waals surface area contributed by atoms with E-state index in [1.165, 1.54) is 6.07 Å². The summed E-state index contributed by atoms with van der Waals surface area (Å²) in [6.45, 7) is 0. The largest absolute Gasteiger partial charge is 0.506 e. The SMILES string of the molecule is C#CC1(N[C@@H](c2cc(Cl)cc(Cl)c2O)P(=O)(c2ccccc2)c2ccccc2)CCCCC1. The Bertz CT molecular complexity index is 1160. The molecular weight excluding hydrogens is 472 g/mol. The van der Waals surface area contributed by atoms with Gasteiger partial charge in [0.2, 0.25) is 0 Å². The number of halogens is 2. The summed E-state index contributed by atoms with van der Waals surface area (Å²) >= 11 is 12.7. The summed E-state index contributed by atoms with van der Waals surface area (Å²) in [5, 5.41) is 16.4. The molecule has 0 aromatic heterocycles. The highest BCUT2D eigenvalue weighted by molar-refractivity contribution is 7.79. The van der Waals surface area contributed by atoms with Gasteiger partial charge in [0, 0.05) is 21.2 Å². The number of hydrogen-bond acceptors (Lipinski definition) is 3. The van der Waals surface area contributed by atoms with Crippen molar-refractivity contribution in [3.05, 3.63) is 88.4 Å². The van der Waals surface area contributed by atoms with Crippen molar-refractivity contribution in [2.75, 3.05) is 0 Å². The minimum atomic E-state index is -3.43. The molecule has 1 aliphatic carbocycles. The first-order valence-corrected chi connectivity index (χ1v) is 13.6. The van der Waals surface area contributed by atoms with Gasteiger partial charge >= 0.3 is 0 Å². The average Bonchev–Trinajstić information content (AvgIpc) is 2.86. The van der Waals surface area contributed by atoms with E-state index >= 15 is 4.57 Å². The van der Waals surface area contributed by atoms with Crippen LogP contribution >= 0.6 is 30.3 Å². The average molecular weight is 498 g/mol. The zero-order valence-corrected chi connectivity index (χ0v) is 20.6.